The molecule has 0 radical (unpaired) electrons. The van der Waals surface area contributed by atoms with Gasteiger partial charge in [-0.3, -0.25) is 4.79 Å². The van der Waals surface area contributed by atoms with Crippen molar-refractivity contribution in [3.63, 3.8) is 0 Å². The van der Waals surface area contributed by atoms with E-state index in [1.807, 2.05) is 0 Å². The van der Waals surface area contributed by atoms with Gasteiger partial charge in [0.2, 0.25) is 23.6 Å². The first-order chi connectivity index (χ1) is 25.4. The molecule has 5 aromatic rings. The van der Waals surface area contributed by atoms with Crippen LogP contribution in [-0.2, 0) is 23.8 Å². The summed E-state index contributed by atoms with van der Waals surface area (Å²) in [5.74, 6) is -3.89. The average molecular weight is 725 g/mol. The van der Waals surface area contributed by atoms with Crippen molar-refractivity contribution >= 4 is 35.1 Å². The number of aliphatic hydroxyl groups is 1. The summed E-state index contributed by atoms with van der Waals surface area (Å²) in [6.07, 6.45) is -3.00. The van der Waals surface area contributed by atoms with Gasteiger partial charge >= 0.3 is 11.9 Å². The summed E-state index contributed by atoms with van der Waals surface area (Å²) >= 11 is 0. The number of aromatic hydroxyl groups is 5. The third kappa shape index (κ3) is 8.25. The van der Waals surface area contributed by atoms with Crippen molar-refractivity contribution in [3.8, 4) is 45.8 Å². The van der Waals surface area contributed by atoms with E-state index in [4.69, 9.17) is 23.4 Å². The minimum absolute atomic E-state index is 0.00579. The van der Waals surface area contributed by atoms with Gasteiger partial charge in [0, 0.05) is 29.8 Å². The highest BCUT2D eigenvalue weighted by molar-refractivity contribution is 5.89. The number of rotatable bonds is 9. The zero-order valence-electron chi connectivity index (χ0n) is 27.7. The number of hydrogen-bond donors (Lipinski definition) is 6. The SMILES string of the molecule is C[C@H]1O[C@@H](Oc2c(-c3ccc(O)cc3)oc3cc(O)cc(O)c3c2=O)[C@@H](OC(=O)/C=C/c2ccc(O)cc2)[C@@H](OC(=O)/C=C\c2ccc(O)cc2)[C@@H]1O. The lowest BCUT2D eigenvalue weighted by molar-refractivity contribution is -0.276. The fourth-order valence-electron chi connectivity index (χ4n) is 5.48. The van der Waals surface area contributed by atoms with E-state index in [2.05, 4.69) is 0 Å². The van der Waals surface area contributed by atoms with Crippen LogP contribution >= 0.6 is 0 Å². The van der Waals surface area contributed by atoms with E-state index < -0.39 is 65.3 Å². The molecular weight excluding hydrogens is 692 g/mol. The van der Waals surface area contributed by atoms with Gasteiger partial charge < -0.3 is 54.0 Å². The molecule has 5 atom stereocenters. The zero-order valence-corrected chi connectivity index (χ0v) is 27.7. The Bertz CT molecular complexity index is 2240. The molecule has 1 aromatic heterocycles. The molecule has 0 aliphatic carbocycles. The molecule has 6 rings (SSSR count). The van der Waals surface area contributed by atoms with E-state index >= 15 is 0 Å². The summed E-state index contributed by atoms with van der Waals surface area (Å²) in [5, 5.41) is 60.6. The van der Waals surface area contributed by atoms with Crippen molar-refractivity contribution < 1.29 is 63.6 Å². The van der Waals surface area contributed by atoms with Gasteiger partial charge in [-0.1, -0.05) is 24.3 Å². The van der Waals surface area contributed by atoms with Gasteiger partial charge in [0.1, 0.15) is 45.8 Å². The predicted octanol–water partition coefficient (Wildman–Crippen LogP) is 4.72. The maximum absolute atomic E-state index is 14.0. The third-order valence-corrected chi connectivity index (χ3v) is 8.15. The van der Waals surface area contributed by atoms with E-state index in [1.165, 1.54) is 79.7 Å². The maximum atomic E-state index is 14.0. The molecule has 1 saturated heterocycles. The van der Waals surface area contributed by atoms with Gasteiger partial charge in [0.05, 0.1) is 6.10 Å². The second-order valence-corrected chi connectivity index (χ2v) is 11.9. The quantitative estimate of drug-likeness (QED) is 0.0894. The van der Waals surface area contributed by atoms with Gasteiger partial charge in [0.15, 0.2) is 11.9 Å². The van der Waals surface area contributed by atoms with Gasteiger partial charge in [-0.05, 0) is 78.7 Å². The first-order valence-electron chi connectivity index (χ1n) is 16.0. The third-order valence-electron chi connectivity index (χ3n) is 8.15. The molecule has 2 heterocycles. The lowest BCUT2D eigenvalue weighted by Crippen LogP contribution is -2.61. The van der Waals surface area contributed by atoms with Crippen LogP contribution in [0, 0.1) is 0 Å². The lowest BCUT2D eigenvalue weighted by Gasteiger charge is -2.41. The highest BCUT2D eigenvalue weighted by Crippen LogP contribution is 2.38. The van der Waals surface area contributed by atoms with Crippen LogP contribution in [0.4, 0.5) is 0 Å². The Balaban J connectivity index is 1.40. The van der Waals surface area contributed by atoms with E-state index in [1.54, 1.807) is 12.1 Å². The number of esters is 2. The first-order valence-corrected chi connectivity index (χ1v) is 16.0. The molecule has 1 fully saturated rings. The lowest BCUT2D eigenvalue weighted by atomic mass is 9.99. The molecular formula is C39H32O14. The first kappa shape index (κ1) is 36.0. The van der Waals surface area contributed by atoms with Crippen LogP contribution in [0.2, 0.25) is 0 Å². The molecule has 0 saturated carbocycles. The average Bonchev–Trinajstić information content (AvgIpc) is 3.12. The number of carbonyl (C=O) groups is 2. The van der Waals surface area contributed by atoms with Crippen LogP contribution in [0.15, 0.2) is 106 Å². The Hall–Kier alpha value is -6.77. The number of benzene rings is 4. The number of phenolic OH excluding ortho intramolecular Hbond substituents is 5. The number of ether oxygens (including phenoxy) is 4. The zero-order chi connectivity index (χ0) is 37.8. The van der Waals surface area contributed by atoms with Gasteiger partial charge in [-0.25, -0.2) is 9.59 Å². The summed E-state index contributed by atoms with van der Waals surface area (Å²) in [5.41, 5.74) is 0.103. The van der Waals surface area contributed by atoms with E-state index in [0.717, 1.165) is 24.3 Å². The molecule has 14 heteroatoms. The molecule has 272 valence electrons. The molecule has 0 amide bonds. The van der Waals surface area contributed by atoms with E-state index in [-0.39, 0.29) is 39.5 Å². The molecule has 14 nitrogen and oxygen atoms in total. The summed E-state index contributed by atoms with van der Waals surface area (Å²) in [6.45, 7) is 1.43. The number of hydrogen-bond acceptors (Lipinski definition) is 14. The Labute approximate surface area is 300 Å². The topological polar surface area (TPSA) is 223 Å². The summed E-state index contributed by atoms with van der Waals surface area (Å²) in [7, 11) is 0. The molecule has 0 unspecified atom stereocenters. The van der Waals surface area contributed by atoms with Crippen molar-refractivity contribution in [3.05, 3.63) is 118 Å². The fourth-order valence-corrected chi connectivity index (χ4v) is 5.48. The van der Waals surface area contributed by atoms with Gasteiger partial charge in [-0.2, -0.15) is 0 Å². The Kier molecular flexibility index (Phi) is 10.4. The van der Waals surface area contributed by atoms with E-state index in [0.29, 0.717) is 11.1 Å². The second-order valence-electron chi connectivity index (χ2n) is 11.9. The molecule has 6 N–H and O–H groups in total. The number of fused-ring (bicyclic) bond motifs is 1. The van der Waals surface area contributed by atoms with Crippen molar-refractivity contribution in [2.75, 3.05) is 0 Å². The van der Waals surface area contributed by atoms with Gasteiger partial charge in [0.25, 0.3) is 0 Å². The number of phenols is 5. The van der Waals surface area contributed by atoms with Crippen molar-refractivity contribution in [2.24, 2.45) is 0 Å². The molecule has 1 aliphatic rings. The van der Waals surface area contributed by atoms with Crippen molar-refractivity contribution in [1.29, 1.82) is 0 Å². The summed E-state index contributed by atoms with van der Waals surface area (Å²) < 4.78 is 29.3. The highest BCUT2D eigenvalue weighted by atomic mass is 16.7. The Morgan fingerprint density at radius 1 is 0.698 bits per heavy atom. The van der Waals surface area contributed by atoms with Gasteiger partial charge in [-0.15, -0.1) is 0 Å². The normalized spacial score (nSPS) is 20.1. The smallest absolute Gasteiger partial charge is 0.331 e. The second kappa shape index (κ2) is 15.2. The van der Waals surface area contributed by atoms with Crippen LogP contribution in [0.3, 0.4) is 0 Å². The van der Waals surface area contributed by atoms with Crippen LogP contribution < -0.4 is 10.2 Å². The minimum Gasteiger partial charge on any atom is -0.508 e. The molecule has 0 bridgehead atoms. The summed E-state index contributed by atoms with van der Waals surface area (Å²) in [6, 6.07) is 19.2. The largest absolute Gasteiger partial charge is 0.508 e. The number of aliphatic hydroxyl groups excluding tert-OH is 1. The summed E-state index contributed by atoms with van der Waals surface area (Å²) in [4.78, 5) is 40.4. The monoisotopic (exact) mass is 724 g/mol. The van der Waals surface area contributed by atoms with Crippen LogP contribution in [0.5, 0.6) is 34.5 Å². The van der Waals surface area contributed by atoms with Crippen LogP contribution in [-0.4, -0.2) is 73.3 Å². The van der Waals surface area contributed by atoms with Crippen LogP contribution in [0.25, 0.3) is 34.4 Å². The highest BCUT2D eigenvalue weighted by Gasteiger charge is 2.50. The Morgan fingerprint density at radius 3 is 1.75 bits per heavy atom. The minimum atomic E-state index is -1.76. The molecule has 4 aromatic carbocycles. The predicted molar refractivity (Wildman–Crippen MR) is 188 cm³/mol. The molecule has 0 spiro atoms. The number of carbonyl (C=O) groups excluding carboxylic acids is 2. The standard InChI is InChI=1S/C39H32O14/c1-20-33(47)36(51-30(45)16-6-21-2-10-24(40)11-3-21)38(52-31(46)17-7-22-4-12-25(41)13-5-22)39(49-20)53-37-34(48)32-28(44)18-27(43)19-29(32)50-35(37)23-8-14-26(42)15-9-23/h2-20,33,36,38-44,47H,1H3/b16-6-,17-7+/t20-,33-,36+,38+,39+/m1/s1. The molecule has 53 heavy (non-hydrogen) atoms. The Morgan fingerprint density at radius 2 is 1.21 bits per heavy atom. The van der Waals surface area contributed by atoms with E-state index in [9.17, 15) is 45.0 Å². The van der Waals surface area contributed by atoms with Crippen LogP contribution in [0.1, 0.15) is 18.1 Å². The molecule has 1 aliphatic heterocycles. The van der Waals surface area contributed by atoms with Crippen molar-refractivity contribution in [1.82, 2.24) is 0 Å². The fraction of sp³-hybridized carbons (Fsp3) is 0.154. The maximum Gasteiger partial charge on any atom is 0.331 e. The van der Waals surface area contributed by atoms with Crippen molar-refractivity contribution in [2.45, 2.75) is 37.6 Å².